The average Bonchev–Trinajstić information content (AvgIpc) is 3.31. The fourth-order valence-corrected chi connectivity index (χ4v) is 5.32. The molecule has 3 aromatic heterocycles. The van der Waals surface area contributed by atoms with Crippen molar-refractivity contribution < 1.29 is 13.2 Å². The summed E-state index contributed by atoms with van der Waals surface area (Å²) in [4.78, 5) is 13.9. The number of rotatable bonds is 4. The second-order valence-electron chi connectivity index (χ2n) is 9.45. The van der Waals surface area contributed by atoms with E-state index in [2.05, 4.69) is 47.9 Å². The van der Waals surface area contributed by atoms with Gasteiger partial charge in [0.05, 0.1) is 28.1 Å². The van der Waals surface area contributed by atoms with E-state index in [1.165, 1.54) is 18.2 Å². The molecular weight excluding hydrogens is 436 g/mol. The van der Waals surface area contributed by atoms with Crippen LogP contribution in [0.2, 0.25) is 0 Å². The van der Waals surface area contributed by atoms with Crippen LogP contribution >= 0.6 is 0 Å². The van der Waals surface area contributed by atoms with Crippen LogP contribution in [0.3, 0.4) is 0 Å². The van der Waals surface area contributed by atoms with Crippen LogP contribution in [0.4, 0.5) is 8.78 Å². The maximum atomic E-state index is 14.5. The zero-order valence-electron chi connectivity index (χ0n) is 19.7. The highest BCUT2D eigenvalue weighted by Gasteiger charge is 2.58. The lowest BCUT2D eigenvalue weighted by molar-refractivity contribution is 0.185. The Balaban J connectivity index is 1.70. The van der Waals surface area contributed by atoms with Crippen LogP contribution in [0.25, 0.3) is 22.6 Å². The number of oxazole rings is 1. The number of benzene rings is 1. The quantitative estimate of drug-likeness (QED) is 0.370. The molecule has 6 nitrogen and oxygen atoms in total. The Hall–Kier alpha value is -3.55. The van der Waals surface area contributed by atoms with Crippen molar-refractivity contribution in [1.82, 2.24) is 25.1 Å². The predicted molar refractivity (Wildman–Crippen MR) is 123 cm³/mol. The van der Waals surface area contributed by atoms with Crippen molar-refractivity contribution in [1.29, 1.82) is 0 Å². The minimum atomic E-state index is -0.697. The monoisotopic (exact) mass is 461 g/mol. The highest BCUT2D eigenvalue weighted by atomic mass is 19.1. The van der Waals surface area contributed by atoms with Gasteiger partial charge in [0.2, 0.25) is 0 Å². The number of fused-ring (bicyclic) bond motifs is 1. The number of hydrogen-bond donors (Lipinski definition) is 0. The molecule has 174 valence electrons. The molecule has 5 rings (SSSR count). The van der Waals surface area contributed by atoms with Gasteiger partial charge >= 0.3 is 0 Å². The number of halogens is 2. The summed E-state index contributed by atoms with van der Waals surface area (Å²) in [5.41, 5.74) is 1.87. The summed E-state index contributed by atoms with van der Waals surface area (Å²) in [7, 11) is 0. The van der Waals surface area contributed by atoms with E-state index in [4.69, 9.17) is 9.40 Å². The number of hydrogen-bond acceptors (Lipinski definition) is 6. The summed E-state index contributed by atoms with van der Waals surface area (Å²) in [6.07, 6.45) is 4.09. The summed E-state index contributed by atoms with van der Waals surface area (Å²) >= 11 is 0. The minimum absolute atomic E-state index is 0.0538. The van der Waals surface area contributed by atoms with Crippen LogP contribution in [0.1, 0.15) is 63.0 Å². The third kappa shape index (κ3) is 3.08. The van der Waals surface area contributed by atoms with Gasteiger partial charge in [-0.3, -0.25) is 0 Å². The molecule has 0 N–H and O–H groups in total. The lowest BCUT2D eigenvalue weighted by Crippen LogP contribution is -2.40. The summed E-state index contributed by atoms with van der Waals surface area (Å²) in [5, 5.41) is 8.82. The zero-order valence-corrected chi connectivity index (χ0v) is 19.7. The van der Waals surface area contributed by atoms with E-state index in [-0.39, 0.29) is 22.6 Å². The van der Waals surface area contributed by atoms with E-state index in [1.54, 1.807) is 31.5 Å². The Kier molecular flexibility index (Phi) is 5.07. The van der Waals surface area contributed by atoms with E-state index >= 15 is 0 Å². The molecule has 0 saturated heterocycles. The number of aryl methyl sites for hydroxylation is 1. The normalized spacial score (nSPS) is 21.0. The standard InChI is InChI=1S/C26H25F2N5O/c1-6-16-15-12-20(22-17(27)8-7-9-18(22)28)32-33-23(15)26(5,25(16,3)4)24-29-11-10-19(31-24)21-13-34-14(2)30-21/h7-13,16H,6H2,1-5H3. The van der Waals surface area contributed by atoms with Gasteiger partial charge < -0.3 is 4.42 Å². The molecular formula is C26H25F2N5O. The van der Waals surface area contributed by atoms with Crippen LogP contribution in [0.5, 0.6) is 0 Å². The van der Waals surface area contributed by atoms with Crippen LogP contribution in [-0.2, 0) is 5.41 Å². The van der Waals surface area contributed by atoms with E-state index < -0.39 is 17.0 Å². The molecule has 0 saturated carbocycles. The third-order valence-electron chi connectivity index (χ3n) is 7.44. The molecule has 1 aliphatic rings. The second-order valence-corrected chi connectivity index (χ2v) is 9.45. The smallest absolute Gasteiger partial charge is 0.191 e. The summed E-state index contributed by atoms with van der Waals surface area (Å²) in [5.74, 6) is -0.134. The lowest BCUT2D eigenvalue weighted by Gasteiger charge is -2.40. The summed E-state index contributed by atoms with van der Waals surface area (Å²) in [6, 6.07) is 7.35. The average molecular weight is 462 g/mol. The molecule has 1 aliphatic carbocycles. The van der Waals surface area contributed by atoms with Gasteiger partial charge in [0.25, 0.3) is 0 Å². The van der Waals surface area contributed by atoms with Crippen LogP contribution in [0.15, 0.2) is 47.2 Å². The van der Waals surface area contributed by atoms with Crippen molar-refractivity contribution in [2.24, 2.45) is 5.41 Å². The Labute approximate surface area is 196 Å². The maximum Gasteiger partial charge on any atom is 0.191 e. The molecule has 0 bridgehead atoms. The maximum absolute atomic E-state index is 14.5. The van der Waals surface area contributed by atoms with Crippen molar-refractivity contribution in [2.45, 2.75) is 52.4 Å². The Bertz CT molecular complexity index is 1380. The van der Waals surface area contributed by atoms with Gasteiger partial charge in [0.15, 0.2) is 5.89 Å². The molecule has 4 aromatic rings. The topological polar surface area (TPSA) is 77.6 Å². The molecule has 0 amide bonds. The molecule has 0 radical (unpaired) electrons. The van der Waals surface area contributed by atoms with Crippen molar-refractivity contribution in [3.05, 3.63) is 77.4 Å². The van der Waals surface area contributed by atoms with Crippen LogP contribution in [0, 0.1) is 24.0 Å². The number of nitrogens with zero attached hydrogens (tertiary/aromatic N) is 5. The highest BCUT2D eigenvalue weighted by molar-refractivity contribution is 5.63. The van der Waals surface area contributed by atoms with E-state index in [0.717, 1.165) is 17.7 Å². The highest BCUT2D eigenvalue weighted by Crippen LogP contribution is 2.61. The third-order valence-corrected chi connectivity index (χ3v) is 7.44. The molecule has 0 aliphatic heterocycles. The first-order chi connectivity index (χ1) is 16.2. The van der Waals surface area contributed by atoms with Gasteiger partial charge in [-0.15, -0.1) is 5.10 Å². The lowest BCUT2D eigenvalue weighted by atomic mass is 9.63. The summed E-state index contributed by atoms with van der Waals surface area (Å²) < 4.78 is 34.4. The Morgan fingerprint density at radius 1 is 0.971 bits per heavy atom. The number of aromatic nitrogens is 5. The zero-order chi connectivity index (χ0) is 24.3. The first-order valence-corrected chi connectivity index (χ1v) is 11.3. The Morgan fingerprint density at radius 2 is 1.71 bits per heavy atom. The summed E-state index contributed by atoms with van der Waals surface area (Å²) in [6.45, 7) is 10.2. The van der Waals surface area contributed by atoms with Gasteiger partial charge in [-0.25, -0.2) is 23.7 Å². The molecule has 34 heavy (non-hydrogen) atoms. The van der Waals surface area contributed by atoms with Gasteiger partial charge in [-0.2, -0.15) is 5.10 Å². The van der Waals surface area contributed by atoms with Gasteiger partial charge in [0.1, 0.15) is 29.4 Å². The Morgan fingerprint density at radius 3 is 2.35 bits per heavy atom. The predicted octanol–water partition coefficient (Wildman–Crippen LogP) is 6.01. The SMILES string of the molecule is CCC1c2cc(-c3c(F)cccc3F)nnc2C(C)(c2nccc(-c3coc(C)n3)n2)C1(C)C. The van der Waals surface area contributed by atoms with E-state index in [1.807, 2.05) is 0 Å². The van der Waals surface area contributed by atoms with E-state index in [0.29, 0.717) is 23.1 Å². The fraction of sp³-hybridized carbons (Fsp3) is 0.346. The van der Waals surface area contributed by atoms with Gasteiger partial charge in [-0.1, -0.05) is 26.8 Å². The first kappa shape index (κ1) is 22.3. The fourth-order valence-electron chi connectivity index (χ4n) is 5.32. The largest absolute Gasteiger partial charge is 0.449 e. The molecule has 0 fully saturated rings. The van der Waals surface area contributed by atoms with Crippen molar-refractivity contribution >= 4 is 0 Å². The van der Waals surface area contributed by atoms with Crippen molar-refractivity contribution in [2.75, 3.05) is 0 Å². The molecule has 1 aromatic carbocycles. The van der Waals surface area contributed by atoms with Crippen LogP contribution in [-0.4, -0.2) is 25.1 Å². The first-order valence-electron chi connectivity index (χ1n) is 11.3. The second kappa shape index (κ2) is 7.75. The molecule has 2 unspecified atom stereocenters. The van der Waals surface area contributed by atoms with Crippen molar-refractivity contribution in [3.8, 4) is 22.6 Å². The van der Waals surface area contributed by atoms with E-state index in [9.17, 15) is 8.78 Å². The molecule has 2 atom stereocenters. The minimum Gasteiger partial charge on any atom is -0.449 e. The van der Waals surface area contributed by atoms with Crippen LogP contribution < -0.4 is 0 Å². The molecule has 8 heteroatoms. The molecule has 0 spiro atoms. The molecule has 3 heterocycles. The van der Waals surface area contributed by atoms with Gasteiger partial charge in [0, 0.05) is 13.1 Å². The van der Waals surface area contributed by atoms with Gasteiger partial charge in [-0.05, 0) is 54.5 Å². The van der Waals surface area contributed by atoms with Crippen molar-refractivity contribution in [3.63, 3.8) is 0 Å².